The maximum atomic E-state index is 12.6. The second-order valence-electron chi connectivity index (χ2n) is 1.92. The molecule has 0 aromatic carbocycles. The minimum atomic E-state index is -0.392. The van der Waals surface area contributed by atoms with Crippen molar-refractivity contribution in [3.8, 4) is 0 Å². The number of carbonyl (C=O) groups is 1. The number of halogens is 1. The van der Waals surface area contributed by atoms with Gasteiger partial charge in [0.2, 0.25) is 0 Å². The Morgan fingerprint density at radius 2 is 2.40 bits per heavy atom. The molecule has 0 saturated heterocycles. The summed E-state index contributed by atoms with van der Waals surface area (Å²) in [6, 6.07) is 1.22. The molecule has 0 fully saturated rings. The van der Waals surface area contributed by atoms with Gasteiger partial charge in [0.05, 0.1) is 0 Å². The molecule has 0 aliphatic heterocycles. The van der Waals surface area contributed by atoms with Crippen LogP contribution in [-0.4, -0.2) is 11.3 Å². The number of hydrogen-bond donors (Lipinski definition) is 0. The molecule has 1 aromatic rings. The summed E-state index contributed by atoms with van der Waals surface area (Å²) in [5, 5.41) is 0. The molecule has 0 N–H and O–H groups in total. The monoisotopic (exact) mass is 139 g/mol. The zero-order valence-electron chi connectivity index (χ0n) is 5.47. The summed E-state index contributed by atoms with van der Waals surface area (Å²) in [5.74, 6) is -0.392. The SMILES string of the molecule is Cc1c(F)ccnc1C=O. The van der Waals surface area contributed by atoms with Crippen LogP contribution in [0.5, 0.6) is 0 Å². The van der Waals surface area contributed by atoms with Gasteiger partial charge in [-0.1, -0.05) is 0 Å². The number of carbonyl (C=O) groups excluding carboxylic acids is 1. The lowest BCUT2D eigenvalue weighted by atomic mass is 10.2. The molecule has 10 heavy (non-hydrogen) atoms. The van der Waals surface area contributed by atoms with Crippen molar-refractivity contribution in [2.75, 3.05) is 0 Å². The molecule has 0 radical (unpaired) electrons. The van der Waals surface area contributed by atoms with Crippen LogP contribution >= 0.6 is 0 Å². The maximum absolute atomic E-state index is 12.6. The fraction of sp³-hybridized carbons (Fsp3) is 0.143. The summed E-state index contributed by atoms with van der Waals surface area (Å²) >= 11 is 0. The minimum Gasteiger partial charge on any atom is -0.296 e. The van der Waals surface area contributed by atoms with Crippen LogP contribution in [0.2, 0.25) is 0 Å². The number of aromatic nitrogens is 1. The van der Waals surface area contributed by atoms with E-state index in [1.54, 1.807) is 0 Å². The van der Waals surface area contributed by atoms with Crippen molar-refractivity contribution in [1.29, 1.82) is 0 Å². The summed E-state index contributed by atoms with van der Waals surface area (Å²) < 4.78 is 12.6. The van der Waals surface area contributed by atoms with Gasteiger partial charge in [-0.05, 0) is 13.0 Å². The van der Waals surface area contributed by atoms with Crippen molar-refractivity contribution in [1.82, 2.24) is 4.98 Å². The zero-order chi connectivity index (χ0) is 7.56. The minimum absolute atomic E-state index is 0.167. The van der Waals surface area contributed by atoms with Gasteiger partial charge in [0.15, 0.2) is 6.29 Å². The topological polar surface area (TPSA) is 30.0 Å². The van der Waals surface area contributed by atoms with Crippen molar-refractivity contribution in [3.05, 3.63) is 29.3 Å². The molecule has 1 rings (SSSR count). The molecule has 0 atom stereocenters. The molecule has 0 aliphatic carbocycles. The lowest BCUT2D eigenvalue weighted by molar-refractivity contribution is 0.111. The van der Waals surface area contributed by atoms with Crippen LogP contribution in [0.1, 0.15) is 16.1 Å². The van der Waals surface area contributed by atoms with E-state index >= 15 is 0 Å². The first-order valence-electron chi connectivity index (χ1n) is 2.82. The molecule has 2 nitrogen and oxygen atoms in total. The van der Waals surface area contributed by atoms with Gasteiger partial charge in [-0.2, -0.15) is 0 Å². The highest BCUT2D eigenvalue weighted by Crippen LogP contribution is 2.05. The van der Waals surface area contributed by atoms with Gasteiger partial charge < -0.3 is 0 Å². The molecule has 0 amide bonds. The summed E-state index contributed by atoms with van der Waals surface area (Å²) in [6.07, 6.45) is 1.81. The molecule has 1 aromatic heterocycles. The lowest BCUT2D eigenvalue weighted by Gasteiger charge is -1.95. The van der Waals surface area contributed by atoms with Crippen LogP contribution in [0, 0.1) is 12.7 Å². The lowest BCUT2D eigenvalue weighted by Crippen LogP contribution is -1.93. The Labute approximate surface area is 57.7 Å². The van der Waals surface area contributed by atoms with Crippen LogP contribution in [0.3, 0.4) is 0 Å². The number of nitrogens with zero attached hydrogens (tertiary/aromatic N) is 1. The molecule has 0 bridgehead atoms. The quantitative estimate of drug-likeness (QED) is 0.549. The molecule has 3 heteroatoms. The van der Waals surface area contributed by atoms with Gasteiger partial charge >= 0.3 is 0 Å². The fourth-order valence-electron chi connectivity index (χ4n) is 0.646. The summed E-state index contributed by atoms with van der Waals surface area (Å²) in [4.78, 5) is 13.8. The average molecular weight is 139 g/mol. The van der Waals surface area contributed by atoms with Crippen molar-refractivity contribution in [2.45, 2.75) is 6.92 Å². The van der Waals surface area contributed by atoms with Gasteiger partial charge in [-0.25, -0.2) is 4.39 Å². The van der Waals surface area contributed by atoms with E-state index in [4.69, 9.17) is 0 Å². The van der Waals surface area contributed by atoms with E-state index in [1.807, 2.05) is 0 Å². The Balaban J connectivity index is 3.27. The molecule has 0 saturated carbocycles. The normalized spacial score (nSPS) is 9.40. The van der Waals surface area contributed by atoms with E-state index in [2.05, 4.69) is 4.98 Å². The maximum Gasteiger partial charge on any atom is 0.168 e. The summed E-state index contributed by atoms with van der Waals surface area (Å²) in [7, 11) is 0. The highest BCUT2D eigenvalue weighted by Gasteiger charge is 2.01. The highest BCUT2D eigenvalue weighted by molar-refractivity contribution is 5.73. The van der Waals surface area contributed by atoms with Gasteiger partial charge in [-0.3, -0.25) is 9.78 Å². The van der Waals surface area contributed by atoms with Crippen LogP contribution < -0.4 is 0 Å². The predicted octanol–water partition coefficient (Wildman–Crippen LogP) is 1.34. The van der Waals surface area contributed by atoms with Crippen molar-refractivity contribution in [2.24, 2.45) is 0 Å². The van der Waals surface area contributed by atoms with Crippen LogP contribution in [0.15, 0.2) is 12.3 Å². The van der Waals surface area contributed by atoms with E-state index in [0.29, 0.717) is 11.8 Å². The number of aldehydes is 1. The number of pyridine rings is 1. The van der Waals surface area contributed by atoms with E-state index in [9.17, 15) is 9.18 Å². The third kappa shape index (κ3) is 1.03. The second-order valence-corrected chi connectivity index (χ2v) is 1.92. The molecular formula is C7H6FNO. The van der Waals surface area contributed by atoms with Crippen LogP contribution in [-0.2, 0) is 0 Å². The van der Waals surface area contributed by atoms with Crippen LogP contribution in [0.4, 0.5) is 4.39 Å². The first-order valence-corrected chi connectivity index (χ1v) is 2.82. The van der Waals surface area contributed by atoms with Gasteiger partial charge in [-0.15, -0.1) is 0 Å². The fourth-order valence-corrected chi connectivity index (χ4v) is 0.646. The average Bonchev–Trinajstić information content (AvgIpc) is 1.95. The predicted molar refractivity (Wildman–Crippen MR) is 34.3 cm³/mol. The molecule has 52 valence electrons. The Morgan fingerprint density at radius 1 is 1.70 bits per heavy atom. The first-order chi connectivity index (χ1) is 4.75. The molecule has 0 aliphatic rings. The highest BCUT2D eigenvalue weighted by atomic mass is 19.1. The van der Waals surface area contributed by atoms with E-state index < -0.39 is 5.82 Å². The van der Waals surface area contributed by atoms with Crippen molar-refractivity contribution < 1.29 is 9.18 Å². The first kappa shape index (κ1) is 6.86. The van der Waals surface area contributed by atoms with Crippen molar-refractivity contribution >= 4 is 6.29 Å². The Morgan fingerprint density at radius 3 is 2.90 bits per heavy atom. The third-order valence-electron chi connectivity index (χ3n) is 1.29. The standard InChI is InChI=1S/C7H6FNO/c1-5-6(8)2-3-9-7(5)4-10/h2-4H,1H3. The van der Waals surface area contributed by atoms with Gasteiger partial charge in [0.25, 0.3) is 0 Å². The Bertz CT molecular complexity index is 260. The Hall–Kier alpha value is -1.25. The molecule has 0 unspecified atom stereocenters. The Kier molecular flexibility index (Phi) is 1.76. The smallest absolute Gasteiger partial charge is 0.168 e. The van der Waals surface area contributed by atoms with Crippen molar-refractivity contribution in [3.63, 3.8) is 0 Å². The molecule has 0 spiro atoms. The number of rotatable bonds is 1. The van der Waals surface area contributed by atoms with E-state index in [1.165, 1.54) is 19.2 Å². The summed E-state index contributed by atoms with van der Waals surface area (Å²) in [5.41, 5.74) is 0.470. The largest absolute Gasteiger partial charge is 0.296 e. The molecule has 1 heterocycles. The zero-order valence-corrected chi connectivity index (χ0v) is 5.47. The van der Waals surface area contributed by atoms with Crippen LogP contribution in [0.25, 0.3) is 0 Å². The van der Waals surface area contributed by atoms with E-state index in [-0.39, 0.29) is 5.69 Å². The number of hydrogen-bond acceptors (Lipinski definition) is 2. The third-order valence-corrected chi connectivity index (χ3v) is 1.29. The second kappa shape index (κ2) is 2.56. The van der Waals surface area contributed by atoms with E-state index in [0.717, 1.165) is 0 Å². The summed E-state index contributed by atoms with van der Waals surface area (Å²) in [6.45, 7) is 1.52. The van der Waals surface area contributed by atoms with Gasteiger partial charge in [0.1, 0.15) is 11.5 Å². The molecular weight excluding hydrogens is 133 g/mol. The van der Waals surface area contributed by atoms with Gasteiger partial charge in [0, 0.05) is 11.8 Å².